The Morgan fingerprint density at radius 2 is 1.45 bits per heavy atom. The van der Waals surface area contributed by atoms with E-state index in [2.05, 4.69) is 0 Å². The van der Waals surface area contributed by atoms with Gasteiger partial charge in [0.05, 0.1) is 43.2 Å². The molecule has 4 aliphatic heterocycles. The fraction of sp³-hybridized carbons (Fsp3) is 0.864. The third kappa shape index (κ3) is 3.07. The lowest BCUT2D eigenvalue weighted by atomic mass is 9.76. The molecule has 174 valence electrons. The van der Waals surface area contributed by atoms with Crippen molar-refractivity contribution in [2.75, 3.05) is 20.3 Å². The minimum atomic E-state index is -1.01. The number of amides is 2. The highest BCUT2D eigenvalue weighted by Gasteiger charge is 2.68. The van der Waals surface area contributed by atoms with Crippen LogP contribution in [0.4, 0.5) is 4.79 Å². The van der Waals surface area contributed by atoms with Gasteiger partial charge in [-0.2, -0.15) is 0 Å². The van der Waals surface area contributed by atoms with Crippen LogP contribution < -0.4 is 0 Å². The fourth-order valence-electron chi connectivity index (χ4n) is 6.70. The van der Waals surface area contributed by atoms with Crippen molar-refractivity contribution in [3.63, 3.8) is 0 Å². The third-order valence-electron chi connectivity index (χ3n) is 7.98. The van der Waals surface area contributed by atoms with Gasteiger partial charge in [0.2, 0.25) is 5.91 Å². The zero-order valence-electron chi connectivity index (χ0n) is 18.8. The molecule has 2 amide bonds. The summed E-state index contributed by atoms with van der Waals surface area (Å²) in [6.07, 6.45) is 2.91. The molecule has 4 rings (SSSR count). The van der Waals surface area contributed by atoms with Crippen molar-refractivity contribution in [1.29, 1.82) is 0 Å². The Hall–Kier alpha value is -1.87. The van der Waals surface area contributed by atoms with Gasteiger partial charge < -0.3 is 24.6 Å². The first kappa shape index (κ1) is 22.3. The lowest BCUT2D eigenvalue weighted by molar-refractivity contribution is -0.154. The lowest BCUT2D eigenvalue weighted by Gasteiger charge is -2.42. The van der Waals surface area contributed by atoms with E-state index in [4.69, 9.17) is 9.47 Å². The van der Waals surface area contributed by atoms with Gasteiger partial charge in [0.25, 0.3) is 0 Å². The van der Waals surface area contributed by atoms with Crippen LogP contribution in [0.2, 0.25) is 0 Å². The molecule has 0 unspecified atom stereocenters. The monoisotopic (exact) mass is 438 g/mol. The topological polar surface area (TPSA) is 117 Å². The van der Waals surface area contributed by atoms with Gasteiger partial charge in [0, 0.05) is 12.1 Å². The van der Waals surface area contributed by atoms with Crippen LogP contribution in [0.15, 0.2) is 0 Å². The molecular formula is C22H34N2O7. The predicted octanol–water partition coefficient (Wildman–Crippen LogP) is 1.05. The number of esters is 1. The van der Waals surface area contributed by atoms with Gasteiger partial charge in [0.1, 0.15) is 5.60 Å². The Kier molecular flexibility index (Phi) is 5.28. The maximum Gasteiger partial charge on any atom is 0.411 e. The summed E-state index contributed by atoms with van der Waals surface area (Å²) >= 11 is 0. The molecule has 0 aliphatic carbocycles. The van der Waals surface area contributed by atoms with Gasteiger partial charge in [-0.05, 0) is 59.3 Å². The van der Waals surface area contributed by atoms with Crippen LogP contribution >= 0.6 is 0 Å². The zero-order chi connectivity index (χ0) is 22.8. The molecule has 0 saturated carbocycles. The number of methoxy groups -OCH3 is 1. The molecule has 4 bridgehead atoms. The van der Waals surface area contributed by atoms with Crippen molar-refractivity contribution >= 4 is 18.0 Å². The number of ether oxygens (including phenoxy) is 2. The van der Waals surface area contributed by atoms with Crippen LogP contribution in [0.1, 0.15) is 59.3 Å². The molecule has 0 aromatic carbocycles. The molecule has 0 aromatic rings. The number of hydrogen-bond donors (Lipinski definition) is 2. The highest BCUT2D eigenvalue weighted by molar-refractivity contribution is 5.87. The molecule has 9 nitrogen and oxygen atoms in total. The molecule has 0 aromatic heterocycles. The first-order chi connectivity index (χ1) is 14.5. The predicted molar refractivity (Wildman–Crippen MR) is 109 cm³/mol. The minimum absolute atomic E-state index is 0.145. The van der Waals surface area contributed by atoms with Crippen LogP contribution in [0.3, 0.4) is 0 Å². The number of aliphatic hydroxyl groups is 2. The number of carbonyl (C=O) groups excluding carboxylic acids is 3. The normalized spacial score (nSPS) is 38.6. The maximum absolute atomic E-state index is 13.9. The number of aliphatic hydroxyl groups excluding tert-OH is 2. The molecule has 2 N–H and O–H groups in total. The second kappa shape index (κ2) is 7.33. The molecule has 0 spiro atoms. The molecule has 4 aliphatic rings. The summed E-state index contributed by atoms with van der Waals surface area (Å²) in [5.74, 6) is -1.75. The number of rotatable bonds is 4. The van der Waals surface area contributed by atoms with E-state index in [-0.39, 0.29) is 31.2 Å². The zero-order valence-corrected chi connectivity index (χ0v) is 18.8. The first-order valence-corrected chi connectivity index (χ1v) is 11.2. The molecule has 6 atom stereocenters. The Balaban J connectivity index is 1.64. The number of fused-ring (bicyclic) bond motifs is 4. The van der Waals surface area contributed by atoms with Gasteiger partial charge in [-0.25, -0.2) is 4.79 Å². The number of hydrogen-bond acceptors (Lipinski definition) is 7. The fourth-order valence-corrected chi connectivity index (χ4v) is 6.70. The van der Waals surface area contributed by atoms with Crippen molar-refractivity contribution in [3.05, 3.63) is 0 Å². The van der Waals surface area contributed by atoms with E-state index in [9.17, 15) is 24.6 Å². The van der Waals surface area contributed by atoms with E-state index in [0.717, 1.165) is 6.42 Å². The summed E-state index contributed by atoms with van der Waals surface area (Å²) in [7, 11) is 1.32. The summed E-state index contributed by atoms with van der Waals surface area (Å²) in [6, 6.07) is -0.314. The van der Waals surface area contributed by atoms with Crippen LogP contribution in [0.25, 0.3) is 0 Å². The average Bonchev–Trinajstić information content (AvgIpc) is 3.45. The smallest absolute Gasteiger partial charge is 0.411 e. The van der Waals surface area contributed by atoms with Crippen molar-refractivity contribution in [2.45, 2.75) is 88.1 Å². The summed E-state index contributed by atoms with van der Waals surface area (Å²) in [5.41, 5.74) is -2.66. The summed E-state index contributed by atoms with van der Waals surface area (Å²) in [6.45, 7) is 4.72. The van der Waals surface area contributed by atoms with E-state index >= 15 is 0 Å². The Labute approximate surface area is 182 Å². The summed E-state index contributed by atoms with van der Waals surface area (Å²) in [4.78, 5) is 42.6. The van der Waals surface area contributed by atoms with Crippen LogP contribution in [-0.4, -0.2) is 87.1 Å². The van der Waals surface area contributed by atoms with E-state index in [0.29, 0.717) is 32.1 Å². The number of carbonyl (C=O) groups is 3. The molecule has 4 fully saturated rings. The first-order valence-electron chi connectivity index (χ1n) is 11.2. The van der Waals surface area contributed by atoms with Crippen molar-refractivity contribution in [2.24, 2.45) is 11.8 Å². The van der Waals surface area contributed by atoms with Crippen LogP contribution in [-0.2, 0) is 19.1 Å². The van der Waals surface area contributed by atoms with E-state index in [1.54, 1.807) is 30.6 Å². The quantitative estimate of drug-likeness (QED) is 0.630. The van der Waals surface area contributed by atoms with Gasteiger partial charge in [0.15, 0.2) is 0 Å². The van der Waals surface area contributed by atoms with Gasteiger partial charge >= 0.3 is 12.1 Å². The second-order valence-corrected chi connectivity index (χ2v) is 10.6. The van der Waals surface area contributed by atoms with Crippen molar-refractivity contribution in [3.8, 4) is 0 Å². The van der Waals surface area contributed by atoms with Crippen molar-refractivity contribution < 1.29 is 34.1 Å². The molecule has 31 heavy (non-hydrogen) atoms. The molecule has 0 radical (unpaired) electrons. The summed E-state index contributed by atoms with van der Waals surface area (Å²) in [5, 5.41) is 20.7. The number of nitrogens with zero attached hydrogens (tertiary/aromatic N) is 2. The molecular weight excluding hydrogens is 404 g/mol. The highest BCUT2D eigenvalue weighted by Crippen LogP contribution is 2.56. The standard InChI is InChI=1S/C22H34N2O7/c1-20(2,3)31-19(29)24-14-6-7-21(24,11-25)15(9-14)17(27)23-13-5-8-22(23,12-26)16(10-13)18(28)30-4/h13-16,25-26H,5-12H2,1-4H3/t13-,14-,15-,16-,21-,22-/m1/s1. The third-order valence-corrected chi connectivity index (χ3v) is 7.98. The highest BCUT2D eigenvalue weighted by atomic mass is 16.6. The summed E-state index contributed by atoms with van der Waals surface area (Å²) < 4.78 is 10.5. The molecule has 4 heterocycles. The largest absolute Gasteiger partial charge is 0.469 e. The Bertz CT molecular complexity index is 780. The average molecular weight is 439 g/mol. The van der Waals surface area contributed by atoms with Gasteiger partial charge in [-0.3, -0.25) is 14.5 Å². The van der Waals surface area contributed by atoms with Crippen molar-refractivity contribution in [1.82, 2.24) is 9.80 Å². The van der Waals surface area contributed by atoms with Crippen LogP contribution in [0.5, 0.6) is 0 Å². The molecule has 9 heteroatoms. The van der Waals surface area contributed by atoms with E-state index in [1.165, 1.54) is 7.11 Å². The molecule has 4 saturated heterocycles. The van der Waals surface area contributed by atoms with Gasteiger partial charge in [-0.15, -0.1) is 0 Å². The lowest BCUT2D eigenvalue weighted by Crippen LogP contribution is -2.60. The minimum Gasteiger partial charge on any atom is -0.469 e. The van der Waals surface area contributed by atoms with Crippen LogP contribution in [0, 0.1) is 11.8 Å². The Morgan fingerprint density at radius 1 is 0.935 bits per heavy atom. The Morgan fingerprint density at radius 3 is 1.97 bits per heavy atom. The van der Waals surface area contributed by atoms with Gasteiger partial charge in [-0.1, -0.05) is 0 Å². The van der Waals surface area contributed by atoms with E-state index in [1.807, 2.05) is 0 Å². The second-order valence-electron chi connectivity index (χ2n) is 10.6. The van der Waals surface area contributed by atoms with E-state index < -0.39 is 40.6 Å². The SMILES string of the molecule is COC(=O)[C@H]1C[C@H]2CC[C@]1(CO)N2C(=O)[C@H]1C[C@H]2CC[C@]1(CO)N2C(=O)OC(C)(C)C. The maximum atomic E-state index is 13.9.